The van der Waals surface area contributed by atoms with E-state index in [-0.39, 0.29) is 11.4 Å². The lowest BCUT2D eigenvalue weighted by atomic mass is 10.2. The largest absolute Gasteiger partial charge is 0.450 e. The van der Waals surface area contributed by atoms with E-state index in [0.717, 1.165) is 24.9 Å². The van der Waals surface area contributed by atoms with Gasteiger partial charge >= 0.3 is 6.09 Å². The molecule has 28 heavy (non-hydrogen) atoms. The standard InChI is InChI=1S/C18H22Cl2N6O2/c1-11-23-14-15(21)24-17(20)25-16(14)26(11)8-2-3-9-28-18(27)22-10-12-4-6-13(19)7-5-12/h4-7,11,23H,2-3,8-10H2,1H3,(H,22,27)(H2,21,24,25). The average Bonchev–Trinajstić information content (AvgIpc) is 2.97. The van der Waals surface area contributed by atoms with Gasteiger partial charge in [0, 0.05) is 18.1 Å². The molecule has 0 fully saturated rings. The number of carbonyl (C=O) groups excluding carboxylic acids is 1. The topological polar surface area (TPSA) is 105 Å². The maximum absolute atomic E-state index is 11.8. The minimum Gasteiger partial charge on any atom is -0.450 e. The Balaban J connectivity index is 1.37. The third-order valence-electron chi connectivity index (χ3n) is 4.36. The van der Waals surface area contributed by atoms with Crippen molar-refractivity contribution in [3.05, 3.63) is 40.1 Å². The van der Waals surface area contributed by atoms with Gasteiger partial charge in [0.15, 0.2) is 11.6 Å². The molecule has 150 valence electrons. The normalized spacial score (nSPS) is 15.1. The minimum absolute atomic E-state index is 0.0358. The van der Waals surface area contributed by atoms with Gasteiger partial charge in [0.2, 0.25) is 5.28 Å². The van der Waals surface area contributed by atoms with Crippen LogP contribution in [0.5, 0.6) is 0 Å². The Bertz CT molecular complexity index is 834. The molecular formula is C18H22Cl2N6O2. The molecule has 8 nitrogen and oxygen atoms in total. The van der Waals surface area contributed by atoms with Crippen molar-refractivity contribution in [2.45, 2.75) is 32.5 Å². The summed E-state index contributed by atoms with van der Waals surface area (Å²) < 4.78 is 5.21. The molecule has 1 aromatic heterocycles. The second kappa shape index (κ2) is 9.16. The summed E-state index contributed by atoms with van der Waals surface area (Å²) in [6.45, 7) is 3.46. The van der Waals surface area contributed by atoms with Gasteiger partial charge in [-0.25, -0.2) is 4.79 Å². The van der Waals surface area contributed by atoms with Crippen molar-refractivity contribution >= 4 is 46.6 Å². The molecule has 0 radical (unpaired) electrons. The van der Waals surface area contributed by atoms with Crippen molar-refractivity contribution in [1.82, 2.24) is 15.3 Å². The van der Waals surface area contributed by atoms with Crippen LogP contribution in [-0.4, -0.2) is 35.4 Å². The molecule has 1 aromatic carbocycles. The van der Waals surface area contributed by atoms with Crippen molar-refractivity contribution in [3.8, 4) is 0 Å². The van der Waals surface area contributed by atoms with Crippen molar-refractivity contribution in [2.75, 3.05) is 29.1 Å². The lowest BCUT2D eigenvalue weighted by molar-refractivity contribution is 0.143. The van der Waals surface area contributed by atoms with Gasteiger partial charge in [0.05, 0.1) is 12.8 Å². The number of unbranched alkanes of at least 4 members (excludes halogenated alkanes) is 1. The van der Waals surface area contributed by atoms with Gasteiger partial charge in [-0.15, -0.1) is 0 Å². The van der Waals surface area contributed by atoms with E-state index in [1.165, 1.54) is 0 Å². The first-order valence-electron chi connectivity index (χ1n) is 8.95. The van der Waals surface area contributed by atoms with Crippen LogP contribution in [0.15, 0.2) is 24.3 Å². The van der Waals surface area contributed by atoms with Crippen molar-refractivity contribution in [3.63, 3.8) is 0 Å². The minimum atomic E-state index is -0.441. The number of halogens is 2. The van der Waals surface area contributed by atoms with Crippen LogP contribution in [0.1, 0.15) is 25.3 Å². The lowest BCUT2D eigenvalue weighted by Gasteiger charge is -2.22. The second-order valence-corrected chi connectivity index (χ2v) is 7.19. The van der Waals surface area contributed by atoms with Crippen LogP contribution < -0.4 is 21.3 Å². The molecule has 1 atom stereocenters. The summed E-state index contributed by atoms with van der Waals surface area (Å²) in [6, 6.07) is 7.27. The van der Waals surface area contributed by atoms with Crippen LogP contribution in [-0.2, 0) is 11.3 Å². The predicted octanol–water partition coefficient (Wildman–Crippen LogP) is 3.65. The number of fused-ring (bicyclic) bond motifs is 1. The van der Waals surface area contributed by atoms with E-state index >= 15 is 0 Å². The summed E-state index contributed by atoms with van der Waals surface area (Å²) in [5.74, 6) is 1.04. The number of alkyl carbamates (subject to hydrolysis) is 1. The summed E-state index contributed by atoms with van der Waals surface area (Å²) in [4.78, 5) is 22.1. The quantitative estimate of drug-likeness (QED) is 0.459. The Hall–Kier alpha value is -2.45. The van der Waals surface area contributed by atoms with Crippen molar-refractivity contribution in [1.29, 1.82) is 0 Å². The van der Waals surface area contributed by atoms with Crippen LogP contribution in [0, 0.1) is 0 Å². The molecule has 0 aliphatic carbocycles. The summed E-state index contributed by atoms with van der Waals surface area (Å²) in [5.41, 5.74) is 7.55. The highest BCUT2D eigenvalue weighted by molar-refractivity contribution is 6.30. The molecule has 3 rings (SSSR count). The van der Waals surface area contributed by atoms with Gasteiger partial charge in [-0.2, -0.15) is 9.97 Å². The molecule has 4 N–H and O–H groups in total. The van der Waals surface area contributed by atoms with Crippen LogP contribution in [0.2, 0.25) is 10.3 Å². The zero-order valence-electron chi connectivity index (χ0n) is 15.4. The van der Waals surface area contributed by atoms with Crippen LogP contribution in [0.25, 0.3) is 0 Å². The van der Waals surface area contributed by atoms with E-state index in [1.807, 2.05) is 19.1 Å². The molecule has 2 aromatic rings. The molecule has 10 heteroatoms. The number of aromatic nitrogens is 2. The van der Waals surface area contributed by atoms with Crippen LogP contribution >= 0.6 is 23.2 Å². The van der Waals surface area contributed by atoms with Gasteiger partial charge in [-0.3, -0.25) is 0 Å². The number of ether oxygens (including phenoxy) is 1. The molecule has 0 bridgehead atoms. The van der Waals surface area contributed by atoms with Gasteiger partial charge in [0.25, 0.3) is 0 Å². The van der Waals surface area contributed by atoms with E-state index in [1.54, 1.807) is 12.1 Å². The fourth-order valence-corrected chi connectivity index (χ4v) is 3.23. The highest BCUT2D eigenvalue weighted by atomic mass is 35.5. The van der Waals surface area contributed by atoms with Crippen LogP contribution in [0.4, 0.5) is 22.1 Å². The number of nitrogens with one attached hydrogen (secondary N) is 2. The molecule has 0 spiro atoms. The first-order chi connectivity index (χ1) is 13.4. The Morgan fingerprint density at radius 3 is 2.79 bits per heavy atom. The highest BCUT2D eigenvalue weighted by Crippen LogP contribution is 2.37. The number of hydrogen-bond donors (Lipinski definition) is 3. The Labute approximate surface area is 173 Å². The summed E-state index contributed by atoms with van der Waals surface area (Å²) in [6.07, 6.45) is 1.14. The number of nitrogens with zero attached hydrogens (tertiary/aromatic N) is 3. The van der Waals surface area contributed by atoms with Crippen molar-refractivity contribution < 1.29 is 9.53 Å². The molecule has 2 heterocycles. The highest BCUT2D eigenvalue weighted by Gasteiger charge is 2.29. The number of nitrogens with two attached hydrogens (primary N) is 1. The third-order valence-corrected chi connectivity index (χ3v) is 4.78. The number of amides is 1. The molecule has 1 aliphatic heterocycles. The average molecular weight is 425 g/mol. The number of carbonyl (C=O) groups is 1. The number of benzene rings is 1. The van der Waals surface area contributed by atoms with Gasteiger partial charge in [0.1, 0.15) is 5.69 Å². The number of nitrogen functional groups attached to an aromatic ring is 1. The van der Waals surface area contributed by atoms with Gasteiger partial charge in [-0.1, -0.05) is 23.7 Å². The maximum Gasteiger partial charge on any atom is 0.407 e. The zero-order chi connectivity index (χ0) is 20.1. The maximum atomic E-state index is 11.8. The smallest absolute Gasteiger partial charge is 0.407 e. The Morgan fingerprint density at radius 1 is 1.29 bits per heavy atom. The van der Waals surface area contributed by atoms with E-state index in [4.69, 9.17) is 33.7 Å². The SMILES string of the molecule is CC1Nc2c(N)nc(Cl)nc2N1CCCCOC(=O)NCc1ccc(Cl)cc1. The first-order valence-corrected chi connectivity index (χ1v) is 9.71. The first kappa shape index (κ1) is 20.3. The van der Waals surface area contributed by atoms with E-state index < -0.39 is 6.09 Å². The fraction of sp³-hybridized carbons (Fsp3) is 0.389. The molecule has 0 saturated heterocycles. The predicted molar refractivity (Wildman–Crippen MR) is 111 cm³/mol. The zero-order valence-corrected chi connectivity index (χ0v) is 16.9. The summed E-state index contributed by atoms with van der Waals surface area (Å²) in [7, 11) is 0. The van der Waals surface area contributed by atoms with Gasteiger partial charge < -0.3 is 26.0 Å². The van der Waals surface area contributed by atoms with Crippen molar-refractivity contribution in [2.24, 2.45) is 0 Å². The fourth-order valence-electron chi connectivity index (χ4n) is 2.93. The van der Waals surface area contributed by atoms with E-state index in [9.17, 15) is 4.79 Å². The Kier molecular flexibility index (Phi) is 6.64. The molecule has 1 unspecified atom stereocenters. The summed E-state index contributed by atoms with van der Waals surface area (Å²) >= 11 is 11.7. The monoisotopic (exact) mass is 424 g/mol. The molecule has 1 amide bonds. The Morgan fingerprint density at radius 2 is 2.04 bits per heavy atom. The second-order valence-electron chi connectivity index (χ2n) is 6.41. The number of rotatable bonds is 7. The number of hydrogen-bond acceptors (Lipinski definition) is 7. The van der Waals surface area contributed by atoms with E-state index in [2.05, 4.69) is 25.5 Å². The molecular weight excluding hydrogens is 403 g/mol. The van der Waals surface area contributed by atoms with Crippen LogP contribution in [0.3, 0.4) is 0 Å². The van der Waals surface area contributed by atoms with E-state index in [0.29, 0.717) is 35.5 Å². The third kappa shape index (κ3) is 5.08. The summed E-state index contributed by atoms with van der Waals surface area (Å²) in [5, 5.41) is 6.75. The molecule has 0 saturated carbocycles. The molecule has 1 aliphatic rings. The lowest BCUT2D eigenvalue weighted by Crippen LogP contribution is -2.34. The number of anilines is 3. The van der Waals surface area contributed by atoms with Gasteiger partial charge in [-0.05, 0) is 49.1 Å².